The van der Waals surface area contributed by atoms with Gasteiger partial charge in [-0.3, -0.25) is 0 Å². The van der Waals surface area contributed by atoms with Gasteiger partial charge in [0.1, 0.15) is 0 Å². The van der Waals surface area contributed by atoms with Gasteiger partial charge in [0.2, 0.25) is 5.95 Å². The Balaban J connectivity index is 1.92. The predicted octanol–water partition coefficient (Wildman–Crippen LogP) is 1.62. The lowest BCUT2D eigenvalue weighted by molar-refractivity contribution is 0.440. The van der Waals surface area contributed by atoms with Gasteiger partial charge in [-0.25, -0.2) is 4.52 Å². The molecule has 3 rings (SSSR count). The van der Waals surface area contributed by atoms with Gasteiger partial charge in [0.05, 0.1) is 0 Å². The zero-order valence-corrected chi connectivity index (χ0v) is 11.6. The highest BCUT2D eigenvalue weighted by Crippen LogP contribution is 2.22. The van der Waals surface area contributed by atoms with Crippen LogP contribution in [0.25, 0.3) is 5.65 Å². The van der Waals surface area contributed by atoms with Gasteiger partial charge >= 0.3 is 0 Å². The normalized spacial score (nSPS) is 20.1. The minimum absolute atomic E-state index is 0.511. The maximum atomic E-state index is 4.68. The first-order valence-electron chi connectivity index (χ1n) is 7.02. The van der Waals surface area contributed by atoms with Gasteiger partial charge in [0.25, 0.3) is 0 Å². The highest BCUT2D eigenvalue weighted by atomic mass is 15.4. The first-order valence-corrected chi connectivity index (χ1v) is 7.02. The average Bonchev–Trinajstić information content (AvgIpc) is 2.82. The molecule has 3 heterocycles. The minimum atomic E-state index is 0.511. The van der Waals surface area contributed by atoms with Crippen molar-refractivity contribution in [3.63, 3.8) is 0 Å². The number of aryl methyl sites for hydroxylation is 1. The summed E-state index contributed by atoms with van der Waals surface area (Å²) >= 11 is 0. The van der Waals surface area contributed by atoms with E-state index < -0.39 is 0 Å². The highest BCUT2D eigenvalue weighted by Gasteiger charge is 2.24. The number of anilines is 1. The summed E-state index contributed by atoms with van der Waals surface area (Å²) in [6.45, 7) is 4.13. The molecule has 19 heavy (non-hydrogen) atoms. The number of nitrogens with one attached hydrogen (secondary N) is 1. The average molecular weight is 259 g/mol. The van der Waals surface area contributed by atoms with Gasteiger partial charge in [0.15, 0.2) is 5.65 Å². The maximum Gasteiger partial charge on any atom is 0.245 e. The van der Waals surface area contributed by atoms with Crippen molar-refractivity contribution < 1.29 is 0 Å². The molecule has 5 nitrogen and oxygen atoms in total. The zero-order chi connectivity index (χ0) is 13.2. The summed E-state index contributed by atoms with van der Waals surface area (Å²) in [7, 11) is 2.01. The van der Waals surface area contributed by atoms with Crippen LogP contribution in [-0.2, 0) is 0 Å². The van der Waals surface area contributed by atoms with Crippen LogP contribution >= 0.6 is 0 Å². The van der Waals surface area contributed by atoms with Crippen LogP contribution in [0.5, 0.6) is 0 Å². The molecule has 102 valence electrons. The van der Waals surface area contributed by atoms with Crippen molar-refractivity contribution in [1.29, 1.82) is 0 Å². The molecule has 1 aliphatic heterocycles. The molecule has 0 radical (unpaired) electrons. The second kappa shape index (κ2) is 5.17. The molecule has 0 amide bonds. The quantitative estimate of drug-likeness (QED) is 0.909. The molecule has 1 atom stereocenters. The molecular weight excluding hydrogens is 238 g/mol. The first-order chi connectivity index (χ1) is 9.28. The number of pyridine rings is 1. The van der Waals surface area contributed by atoms with Crippen LogP contribution in [0.2, 0.25) is 0 Å². The van der Waals surface area contributed by atoms with Crippen LogP contribution < -0.4 is 10.2 Å². The van der Waals surface area contributed by atoms with Crippen LogP contribution in [0.3, 0.4) is 0 Å². The predicted molar refractivity (Wildman–Crippen MR) is 76.6 cm³/mol. The van der Waals surface area contributed by atoms with E-state index in [4.69, 9.17) is 0 Å². The summed E-state index contributed by atoms with van der Waals surface area (Å²) < 4.78 is 1.87. The first kappa shape index (κ1) is 12.4. The van der Waals surface area contributed by atoms with Gasteiger partial charge in [-0.1, -0.05) is 0 Å². The van der Waals surface area contributed by atoms with Gasteiger partial charge in [-0.2, -0.15) is 4.98 Å². The van der Waals surface area contributed by atoms with Gasteiger partial charge in [-0.05, 0) is 50.9 Å². The molecular formula is C14H21N5. The fourth-order valence-corrected chi connectivity index (χ4v) is 2.81. The molecule has 1 aliphatic rings. The molecule has 2 aromatic rings. The number of rotatable bonds is 3. The van der Waals surface area contributed by atoms with Crippen molar-refractivity contribution in [1.82, 2.24) is 19.9 Å². The largest absolute Gasteiger partial charge is 0.335 e. The Morgan fingerprint density at radius 3 is 3.16 bits per heavy atom. The van der Waals surface area contributed by atoms with Gasteiger partial charge in [-0.15, -0.1) is 5.10 Å². The molecule has 5 heteroatoms. The number of likely N-dealkylation sites (N-methyl/N-ethyl adjacent to an activating group) is 1. The van der Waals surface area contributed by atoms with E-state index in [0.717, 1.165) is 24.7 Å². The number of aromatic nitrogens is 3. The monoisotopic (exact) mass is 259 g/mol. The molecule has 1 fully saturated rings. The van der Waals surface area contributed by atoms with Gasteiger partial charge < -0.3 is 10.2 Å². The fraction of sp³-hybridized carbons (Fsp3) is 0.571. The Morgan fingerprint density at radius 2 is 2.32 bits per heavy atom. The van der Waals surface area contributed by atoms with E-state index in [2.05, 4.69) is 39.4 Å². The van der Waals surface area contributed by atoms with E-state index >= 15 is 0 Å². The lowest BCUT2D eigenvalue weighted by Gasteiger charge is -2.34. The van der Waals surface area contributed by atoms with Crippen LogP contribution in [0.15, 0.2) is 18.3 Å². The van der Waals surface area contributed by atoms with E-state index in [-0.39, 0.29) is 0 Å². The summed E-state index contributed by atoms with van der Waals surface area (Å²) in [4.78, 5) is 7.03. The van der Waals surface area contributed by atoms with Crippen molar-refractivity contribution >= 4 is 11.6 Å². The van der Waals surface area contributed by atoms with E-state index in [1.165, 1.54) is 24.8 Å². The Bertz CT molecular complexity index is 560. The van der Waals surface area contributed by atoms with Crippen LogP contribution in [-0.4, -0.2) is 40.8 Å². The van der Waals surface area contributed by atoms with E-state index in [9.17, 15) is 0 Å². The maximum absolute atomic E-state index is 4.68. The van der Waals surface area contributed by atoms with Crippen LogP contribution in [0.1, 0.15) is 24.8 Å². The lowest BCUT2D eigenvalue weighted by Crippen LogP contribution is -2.45. The Labute approximate surface area is 113 Å². The highest BCUT2D eigenvalue weighted by molar-refractivity contribution is 5.47. The van der Waals surface area contributed by atoms with Crippen molar-refractivity contribution in [2.45, 2.75) is 32.2 Å². The molecule has 1 N–H and O–H groups in total. The van der Waals surface area contributed by atoms with Crippen LogP contribution in [0.4, 0.5) is 5.95 Å². The zero-order valence-electron chi connectivity index (χ0n) is 11.6. The smallest absolute Gasteiger partial charge is 0.245 e. The second-order valence-corrected chi connectivity index (χ2v) is 5.32. The molecule has 0 bridgehead atoms. The molecule has 0 saturated carbocycles. The van der Waals surface area contributed by atoms with E-state index in [0.29, 0.717) is 6.04 Å². The van der Waals surface area contributed by atoms with E-state index in [1.807, 2.05) is 17.8 Å². The lowest BCUT2D eigenvalue weighted by atomic mass is 10.0. The topological polar surface area (TPSA) is 45.5 Å². The standard InChI is InChI=1S/C14H21N5/c1-11-6-8-19-13(9-11)16-14(17-19)18-7-4-3-5-12(18)10-15-2/h6,8-9,12,15H,3-5,7,10H2,1-2H3. The third-order valence-electron chi connectivity index (χ3n) is 3.81. The third kappa shape index (κ3) is 2.42. The number of hydrogen-bond donors (Lipinski definition) is 1. The summed E-state index contributed by atoms with van der Waals surface area (Å²) in [5.74, 6) is 0.866. The van der Waals surface area contributed by atoms with Crippen molar-refractivity contribution in [3.05, 3.63) is 23.9 Å². The molecule has 0 aromatic carbocycles. The minimum Gasteiger partial charge on any atom is -0.335 e. The molecule has 1 unspecified atom stereocenters. The van der Waals surface area contributed by atoms with Gasteiger partial charge in [0, 0.05) is 25.3 Å². The van der Waals surface area contributed by atoms with Crippen molar-refractivity contribution in [2.24, 2.45) is 0 Å². The van der Waals surface area contributed by atoms with Crippen molar-refractivity contribution in [2.75, 3.05) is 25.0 Å². The van der Waals surface area contributed by atoms with E-state index in [1.54, 1.807) is 0 Å². The number of piperidine rings is 1. The molecule has 0 spiro atoms. The van der Waals surface area contributed by atoms with Crippen molar-refractivity contribution in [3.8, 4) is 0 Å². The summed E-state index contributed by atoms with van der Waals surface area (Å²) in [5, 5.41) is 7.89. The molecule has 1 saturated heterocycles. The Morgan fingerprint density at radius 1 is 1.42 bits per heavy atom. The Hall–Kier alpha value is -1.62. The third-order valence-corrected chi connectivity index (χ3v) is 3.81. The fourth-order valence-electron chi connectivity index (χ4n) is 2.81. The number of hydrogen-bond acceptors (Lipinski definition) is 4. The second-order valence-electron chi connectivity index (χ2n) is 5.32. The summed E-state index contributed by atoms with van der Waals surface area (Å²) in [6, 6.07) is 4.65. The number of fused-ring (bicyclic) bond motifs is 1. The SMILES string of the molecule is CNCC1CCCCN1c1nc2cc(C)ccn2n1. The Kier molecular flexibility index (Phi) is 3.38. The summed E-state index contributed by atoms with van der Waals surface area (Å²) in [6.07, 6.45) is 5.73. The summed E-state index contributed by atoms with van der Waals surface area (Å²) in [5.41, 5.74) is 2.15. The molecule has 2 aromatic heterocycles. The number of nitrogens with zero attached hydrogens (tertiary/aromatic N) is 4. The molecule has 0 aliphatic carbocycles. The van der Waals surface area contributed by atoms with Crippen LogP contribution in [0, 0.1) is 6.92 Å².